The van der Waals surface area contributed by atoms with Crippen molar-refractivity contribution >= 4 is 11.3 Å². The highest BCUT2D eigenvalue weighted by Crippen LogP contribution is 2.47. The van der Waals surface area contributed by atoms with Crippen molar-refractivity contribution < 1.29 is 0 Å². The van der Waals surface area contributed by atoms with Gasteiger partial charge in [0.25, 0.3) is 0 Å². The molecule has 2 saturated carbocycles. The van der Waals surface area contributed by atoms with E-state index in [9.17, 15) is 0 Å². The molecule has 2 fully saturated rings. The van der Waals surface area contributed by atoms with Crippen molar-refractivity contribution in [3.05, 3.63) is 16.6 Å². The summed E-state index contributed by atoms with van der Waals surface area (Å²) in [6, 6.07) is 0.828. The summed E-state index contributed by atoms with van der Waals surface area (Å²) in [6.07, 6.45) is 8.72. The zero-order valence-corrected chi connectivity index (χ0v) is 10.7. The maximum atomic E-state index is 4.44. The average Bonchev–Trinajstić information content (AvgIpc) is 3.17. The van der Waals surface area contributed by atoms with Crippen molar-refractivity contribution in [2.24, 2.45) is 11.3 Å². The van der Waals surface area contributed by atoms with Crippen molar-refractivity contribution in [1.29, 1.82) is 0 Å². The van der Waals surface area contributed by atoms with Gasteiger partial charge in [-0.2, -0.15) is 0 Å². The normalized spacial score (nSPS) is 24.3. The Labute approximate surface area is 101 Å². The minimum absolute atomic E-state index is 0.445. The van der Waals surface area contributed by atoms with Gasteiger partial charge in [0, 0.05) is 30.6 Å². The SMILES string of the molecule is CC(CNC1CC1)(Cc1nccs1)C1CC1. The topological polar surface area (TPSA) is 24.9 Å². The molecule has 1 aromatic rings. The molecule has 88 valence electrons. The van der Waals surface area contributed by atoms with Crippen molar-refractivity contribution in [2.75, 3.05) is 6.54 Å². The first-order chi connectivity index (χ1) is 7.76. The Hall–Kier alpha value is -0.410. The molecule has 2 nitrogen and oxygen atoms in total. The predicted octanol–water partition coefficient (Wildman–Crippen LogP) is 2.85. The van der Waals surface area contributed by atoms with Crippen LogP contribution in [0, 0.1) is 11.3 Å². The van der Waals surface area contributed by atoms with Crippen LogP contribution >= 0.6 is 11.3 Å². The van der Waals surface area contributed by atoms with Gasteiger partial charge in [-0.3, -0.25) is 0 Å². The maximum absolute atomic E-state index is 4.44. The van der Waals surface area contributed by atoms with E-state index in [0.717, 1.165) is 18.4 Å². The molecular weight excluding hydrogens is 216 g/mol. The summed E-state index contributed by atoms with van der Waals surface area (Å²) in [6.45, 7) is 3.63. The first kappa shape index (κ1) is 10.7. The summed E-state index contributed by atoms with van der Waals surface area (Å²) in [5, 5.41) is 7.11. The summed E-state index contributed by atoms with van der Waals surface area (Å²) >= 11 is 1.81. The molecule has 0 bridgehead atoms. The molecule has 0 saturated heterocycles. The van der Waals surface area contributed by atoms with Gasteiger partial charge >= 0.3 is 0 Å². The predicted molar refractivity (Wildman–Crippen MR) is 67.7 cm³/mol. The van der Waals surface area contributed by atoms with E-state index in [4.69, 9.17) is 0 Å². The molecule has 1 aromatic heterocycles. The van der Waals surface area contributed by atoms with Gasteiger partial charge in [0.1, 0.15) is 0 Å². The van der Waals surface area contributed by atoms with Crippen LogP contribution in [0.25, 0.3) is 0 Å². The van der Waals surface area contributed by atoms with Crippen molar-refractivity contribution in [3.8, 4) is 0 Å². The van der Waals surface area contributed by atoms with Gasteiger partial charge in [0.15, 0.2) is 0 Å². The Morgan fingerprint density at radius 1 is 1.44 bits per heavy atom. The van der Waals surface area contributed by atoms with Gasteiger partial charge in [-0.05, 0) is 37.0 Å². The molecule has 0 aliphatic heterocycles. The molecule has 3 rings (SSSR count). The van der Waals surface area contributed by atoms with Crippen LogP contribution in [0.5, 0.6) is 0 Å². The van der Waals surface area contributed by atoms with E-state index in [1.165, 1.54) is 37.2 Å². The molecule has 1 unspecified atom stereocenters. The van der Waals surface area contributed by atoms with Crippen LogP contribution in [0.4, 0.5) is 0 Å². The number of hydrogen-bond donors (Lipinski definition) is 1. The van der Waals surface area contributed by atoms with Crippen LogP contribution in [-0.2, 0) is 6.42 Å². The quantitative estimate of drug-likeness (QED) is 0.821. The molecule has 0 aromatic carbocycles. The highest BCUT2D eigenvalue weighted by molar-refractivity contribution is 7.09. The Morgan fingerprint density at radius 2 is 2.25 bits per heavy atom. The number of nitrogens with zero attached hydrogens (tertiary/aromatic N) is 1. The fourth-order valence-corrected chi connectivity index (χ4v) is 3.30. The number of aromatic nitrogens is 1. The summed E-state index contributed by atoms with van der Waals surface area (Å²) in [5.74, 6) is 0.933. The number of thiazole rings is 1. The second-order valence-corrected chi connectivity index (χ2v) is 6.67. The van der Waals surface area contributed by atoms with Gasteiger partial charge in [-0.15, -0.1) is 11.3 Å². The lowest BCUT2D eigenvalue weighted by Crippen LogP contribution is -2.36. The van der Waals surface area contributed by atoms with Gasteiger partial charge in [0.05, 0.1) is 5.01 Å². The summed E-state index contributed by atoms with van der Waals surface area (Å²) in [5.41, 5.74) is 0.445. The van der Waals surface area contributed by atoms with E-state index in [0.29, 0.717) is 5.41 Å². The van der Waals surface area contributed by atoms with Crippen molar-refractivity contribution in [3.63, 3.8) is 0 Å². The molecule has 0 spiro atoms. The summed E-state index contributed by atoms with van der Waals surface area (Å²) in [7, 11) is 0. The highest BCUT2D eigenvalue weighted by atomic mass is 32.1. The third kappa shape index (κ3) is 2.46. The van der Waals surface area contributed by atoms with Crippen molar-refractivity contribution in [2.45, 2.75) is 45.1 Å². The smallest absolute Gasteiger partial charge is 0.0930 e. The largest absolute Gasteiger partial charge is 0.313 e. The van der Waals surface area contributed by atoms with Crippen LogP contribution in [0.1, 0.15) is 37.6 Å². The molecule has 1 N–H and O–H groups in total. The van der Waals surface area contributed by atoms with Crippen LogP contribution in [0.3, 0.4) is 0 Å². The molecule has 1 heterocycles. The lowest BCUT2D eigenvalue weighted by Gasteiger charge is -2.29. The minimum atomic E-state index is 0.445. The van der Waals surface area contributed by atoms with E-state index < -0.39 is 0 Å². The van der Waals surface area contributed by atoms with Crippen LogP contribution in [-0.4, -0.2) is 17.6 Å². The Morgan fingerprint density at radius 3 is 2.81 bits per heavy atom. The molecule has 1 atom stereocenters. The van der Waals surface area contributed by atoms with Crippen LogP contribution in [0.15, 0.2) is 11.6 Å². The van der Waals surface area contributed by atoms with Crippen molar-refractivity contribution in [1.82, 2.24) is 10.3 Å². The molecule has 3 heteroatoms. The number of rotatable bonds is 6. The fraction of sp³-hybridized carbons (Fsp3) is 0.769. The van der Waals surface area contributed by atoms with E-state index in [2.05, 4.69) is 22.6 Å². The van der Waals surface area contributed by atoms with Gasteiger partial charge < -0.3 is 5.32 Å². The standard InChI is InChI=1S/C13H20N2S/c1-13(10-2-3-10,9-15-11-4-5-11)8-12-14-6-7-16-12/h6-7,10-11,15H,2-5,8-9H2,1H3. The van der Waals surface area contributed by atoms with E-state index in [-0.39, 0.29) is 0 Å². The first-order valence-corrected chi connectivity index (χ1v) is 7.26. The number of hydrogen-bond acceptors (Lipinski definition) is 3. The molecule has 0 radical (unpaired) electrons. The average molecular weight is 236 g/mol. The van der Waals surface area contributed by atoms with Gasteiger partial charge in [0.2, 0.25) is 0 Å². The minimum Gasteiger partial charge on any atom is -0.313 e. The Bertz CT molecular complexity index is 341. The first-order valence-electron chi connectivity index (χ1n) is 6.38. The lowest BCUT2D eigenvalue weighted by atomic mass is 9.81. The third-order valence-corrected chi connectivity index (χ3v) is 4.75. The zero-order valence-electron chi connectivity index (χ0n) is 9.91. The Balaban J connectivity index is 1.63. The third-order valence-electron chi connectivity index (χ3n) is 3.97. The van der Waals surface area contributed by atoms with E-state index in [1.54, 1.807) is 11.3 Å². The van der Waals surface area contributed by atoms with Crippen LogP contribution < -0.4 is 5.32 Å². The molecule has 2 aliphatic carbocycles. The summed E-state index contributed by atoms with van der Waals surface area (Å²) in [4.78, 5) is 4.44. The molecule has 16 heavy (non-hydrogen) atoms. The van der Waals surface area contributed by atoms with E-state index in [1.807, 2.05) is 6.20 Å². The molecule has 0 amide bonds. The second-order valence-electron chi connectivity index (χ2n) is 5.69. The maximum Gasteiger partial charge on any atom is 0.0930 e. The molecule has 2 aliphatic rings. The van der Waals surface area contributed by atoms with E-state index >= 15 is 0 Å². The van der Waals surface area contributed by atoms with Crippen LogP contribution in [0.2, 0.25) is 0 Å². The second kappa shape index (κ2) is 4.11. The van der Waals surface area contributed by atoms with Gasteiger partial charge in [-0.1, -0.05) is 6.92 Å². The summed E-state index contributed by atoms with van der Waals surface area (Å²) < 4.78 is 0. The molecular formula is C13H20N2S. The zero-order chi connectivity index (χ0) is 11.0. The fourth-order valence-electron chi connectivity index (χ4n) is 2.48. The Kier molecular flexibility index (Phi) is 2.76. The number of nitrogens with one attached hydrogen (secondary N) is 1. The lowest BCUT2D eigenvalue weighted by molar-refractivity contribution is 0.254. The van der Waals surface area contributed by atoms with Gasteiger partial charge in [-0.25, -0.2) is 4.98 Å². The monoisotopic (exact) mass is 236 g/mol. The highest BCUT2D eigenvalue weighted by Gasteiger charge is 2.42.